The summed E-state index contributed by atoms with van der Waals surface area (Å²) in [7, 11) is 0. The van der Waals surface area contributed by atoms with Gasteiger partial charge in [-0.25, -0.2) is 0 Å². The Morgan fingerprint density at radius 1 is 1.75 bits per heavy atom. The summed E-state index contributed by atoms with van der Waals surface area (Å²) >= 11 is 0.500. The van der Waals surface area contributed by atoms with Crippen molar-refractivity contribution in [1.82, 2.24) is 5.14 Å². The Hall–Kier alpha value is 0.230. The van der Waals surface area contributed by atoms with Crippen LogP contribution in [-0.4, -0.2) is 5.48 Å². The Labute approximate surface area is 28.9 Å². The highest BCUT2D eigenvalue weighted by Crippen LogP contribution is 1.54. The molecule has 26 valence electrons. The summed E-state index contributed by atoms with van der Waals surface area (Å²) in [5.74, 6) is 0. The molecule has 0 aliphatic rings. The van der Waals surface area contributed by atoms with Crippen LogP contribution in [0.4, 0.5) is 0 Å². The number of rotatable bonds is 0. The topological polar surface area (TPSA) is 79.8 Å². The molecule has 3 nitrogen and oxygen atoms in total. The van der Waals surface area contributed by atoms with Crippen molar-refractivity contribution in [3.63, 3.8) is 0 Å². The van der Waals surface area contributed by atoms with E-state index < -0.39 is 0 Å². The van der Waals surface area contributed by atoms with Crippen LogP contribution in [0.1, 0.15) is 0 Å². The van der Waals surface area contributed by atoms with E-state index in [1.807, 2.05) is 0 Å². The van der Waals surface area contributed by atoms with E-state index in [0.29, 0.717) is 12.1 Å². The van der Waals surface area contributed by atoms with Crippen LogP contribution in [0.3, 0.4) is 0 Å². The fraction of sp³-hybridized carbons (Fsp3) is 0. The molecule has 0 aromatic rings. The Kier molecular flexibility index (Phi) is 23.6. The maximum absolute atomic E-state index is 5.90. The second-order valence-corrected chi connectivity index (χ2v) is 0.354. The molecule has 0 saturated heterocycles. The smallest absolute Gasteiger partial charge is 0.0162 e. The van der Waals surface area contributed by atoms with Crippen molar-refractivity contribution in [2.45, 2.75) is 0 Å². The van der Waals surface area contributed by atoms with Gasteiger partial charge in [0.2, 0.25) is 0 Å². The van der Waals surface area contributed by atoms with E-state index in [2.05, 4.69) is 5.14 Å². The van der Waals surface area contributed by atoms with E-state index in [9.17, 15) is 0 Å². The summed E-state index contributed by atoms with van der Waals surface area (Å²) in [5.41, 5.74) is 0. The van der Waals surface area contributed by atoms with Crippen LogP contribution in [0, 0.1) is 0 Å². The minimum Gasteiger partial charge on any atom is -0.263 e. The van der Waals surface area contributed by atoms with Gasteiger partial charge in [-0.15, -0.1) is 0 Å². The van der Waals surface area contributed by atoms with Gasteiger partial charge in [-0.2, -0.15) is 5.14 Å². The van der Waals surface area contributed by atoms with Gasteiger partial charge in [-0.3, -0.25) is 10.6 Å². The zero-order valence-electron chi connectivity index (χ0n) is 1.93. The highest BCUT2D eigenvalue weighted by molar-refractivity contribution is 7.94. The molecule has 2 radical (unpaired) electrons. The lowest BCUT2D eigenvalue weighted by molar-refractivity contribution is 0.824. The molecule has 0 spiro atoms. The summed E-state index contributed by atoms with van der Waals surface area (Å²) in [6, 6.07) is 0. The molecule has 0 saturated carbocycles. The van der Waals surface area contributed by atoms with E-state index in [0.717, 1.165) is 0 Å². The monoisotopic (exact) mass is 80.0 g/mol. The molecule has 0 heterocycles. The van der Waals surface area contributed by atoms with Crippen molar-refractivity contribution in [3.05, 3.63) is 0 Å². The van der Waals surface area contributed by atoms with E-state index in [1.165, 1.54) is 0 Å². The Morgan fingerprint density at radius 2 is 1.75 bits per heavy atom. The highest BCUT2D eigenvalue weighted by atomic mass is 32.2. The molecular formula is H4N2OS. The standard InChI is InChI=1S/H3N2S.HO/c1-3-2;/h1H,2H2;1H. The van der Waals surface area contributed by atoms with Crippen LogP contribution in [0.5, 0.6) is 0 Å². The number of nitrogens with two attached hydrogens (primary N) is 1. The van der Waals surface area contributed by atoms with Crippen LogP contribution in [-0.2, 0) is 0 Å². The third-order valence-electron chi connectivity index (χ3n) is 0. The van der Waals surface area contributed by atoms with Crippen LogP contribution in [0.25, 0.3) is 0 Å². The predicted octanol–water partition coefficient (Wildman–Crippen LogP) is -0.386. The average molecular weight is 80.1 g/mol. The second kappa shape index (κ2) is 10.6. The molecule has 4 N–H and O–H groups in total. The van der Waals surface area contributed by atoms with Gasteiger partial charge in [-0.05, 0) is 0 Å². The maximum atomic E-state index is 5.90. The van der Waals surface area contributed by atoms with Gasteiger partial charge in [-0.1, -0.05) is 0 Å². The van der Waals surface area contributed by atoms with Gasteiger partial charge in [0.05, 0.1) is 0 Å². The largest absolute Gasteiger partial charge is 0.263 e. The normalized spacial score (nSPS) is 4.50. The molecule has 0 amide bonds. The third kappa shape index (κ3) is 63.8. The third-order valence-corrected chi connectivity index (χ3v) is 0. The maximum Gasteiger partial charge on any atom is 0.0162 e. The molecular weight excluding hydrogens is 76.1 g/mol. The van der Waals surface area contributed by atoms with Crippen LogP contribution in [0.2, 0.25) is 0 Å². The Balaban J connectivity index is 0. The molecule has 4 heteroatoms. The van der Waals surface area contributed by atoms with Crippen molar-refractivity contribution >= 4 is 12.1 Å². The van der Waals surface area contributed by atoms with Crippen LogP contribution >= 0.6 is 12.1 Å². The predicted molar refractivity (Wildman–Crippen MR) is 16.8 cm³/mol. The fourth-order valence-corrected chi connectivity index (χ4v) is 0. The van der Waals surface area contributed by atoms with Crippen molar-refractivity contribution < 1.29 is 5.48 Å². The molecule has 0 unspecified atom stereocenters. The molecule has 0 rings (SSSR count). The lowest BCUT2D eigenvalue weighted by Gasteiger charge is -1.52. The van der Waals surface area contributed by atoms with Gasteiger partial charge in [0, 0.05) is 12.1 Å². The van der Waals surface area contributed by atoms with E-state index in [-0.39, 0.29) is 5.48 Å². The van der Waals surface area contributed by atoms with Gasteiger partial charge >= 0.3 is 0 Å². The number of hydrogen-bond acceptors (Lipinski definition) is 2. The lowest BCUT2D eigenvalue weighted by Crippen LogP contribution is -1.68. The lowest BCUT2D eigenvalue weighted by atomic mass is 13.9. The molecule has 0 fully saturated rings. The molecule has 0 aliphatic heterocycles. The molecule has 4 heavy (non-hydrogen) atoms. The van der Waals surface area contributed by atoms with Crippen molar-refractivity contribution in [3.8, 4) is 0 Å². The van der Waals surface area contributed by atoms with E-state index in [4.69, 9.17) is 5.14 Å². The first-order valence-electron chi connectivity index (χ1n) is 0.440. The molecule has 0 aromatic carbocycles. The van der Waals surface area contributed by atoms with Crippen LogP contribution < -0.4 is 10.3 Å². The number of nitrogens with one attached hydrogen (secondary N) is 1. The van der Waals surface area contributed by atoms with Gasteiger partial charge in [0.25, 0.3) is 0 Å². The highest BCUT2D eigenvalue weighted by Gasteiger charge is 1.32. The van der Waals surface area contributed by atoms with Gasteiger partial charge in [0.1, 0.15) is 0 Å². The first-order chi connectivity index (χ1) is 1.41. The minimum atomic E-state index is 0. The minimum absolute atomic E-state index is 0. The van der Waals surface area contributed by atoms with Gasteiger partial charge in [0.15, 0.2) is 0 Å². The van der Waals surface area contributed by atoms with Crippen LogP contribution in [0.15, 0.2) is 0 Å². The zero-order chi connectivity index (χ0) is 2.71. The number of hydrogen-bond donors (Lipinski definition) is 2. The molecule has 0 aliphatic carbocycles. The van der Waals surface area contributed by atoms with Crippen molar-refractivity contribution in [2.75, 3.05) is 0 Å². The Morgan fingerprint density at radius 3 is 1.75 bits per heavy atom. The first kappa shape index (κ1) is 8.87. The van der Waals surface area contributed by atoms with E-state index >= 15 is 0 Å². The van der Waals surface area contributed by atoms with E-state index in [1.54, 1.807) is 0 Å². The molecule has 0 atom stereocenters. The molecule has 0 aromatic heterocycles. The molecule has 0 bridgehead atoms. The summed E-state index contributed by atoms with van der Waals surface area (Å²) in [6.45, 7) is 0. The summed E-state index contributed by atoms with van der Waals surface area (Å²) in [5, 5.41) is 10.3. The SMILES string of the molecule is [NH]SN.[OH]. The summed E-state index contributed by atoms with van der Waals surface area (Å²) < 4.78 is 0. The van der Waals surface area contributed by atoms with Crippen molar-refractivity contribution in [2.24, 2.45) is 5.14 Å². The van der Waals surface area contributed by atoms with Gasteiger partial charge < -0.3 is 0 Å². The zero-order valence-corrected chi connectivity index (χ0v) is 2.75. The quantitative estimate of drug-likeness (QED) is 0.389. The fourth-order valence-electron chi connectivity index (χ4n) is 0. The first-order valence-corrected chi connectivity index (χ1v) is 1.32. The average Bonchev–Trinajstić information content (AvgIpc) is 0.918. The summed E-state index contributed by atoms with van der Waals surface area (Å²) in [6.07, 6.45) is 0. The Bertz CT molecular complexity index is 6.00. The second-order valence-electron chi connectivity index (χ2n) is 0.118. The summed E-state index contributed by atoms with van der Waals surface area (Å²) in [4.78, 5) is 0. The van der Waals surface area contributed by atoms with Crippen molar-refractivity contribution in [1.29, 1.82) is 0 Å².